The van der Waals surface area contributed by atoms with Gasteiger partial charge < -0.3 is 16.8 Å². The minimum atomic E-state index is -0.550. The lowest BCUT2D eigenvalue weighted by Crippen LogP contribution is -2.43. The van der Waals surface area contributed by atoms with Crippen LogP contribution in [-0.4, -0.2) is 30.2 Å². The van der Waals surface area contributed by atoms with Crippen molar-refractivity contribution in [3.8, 4) is 0 Å². The van der Waals surface area contributed by atoms with Crippen molar-refractivity contribution in [2.75, 3.05) is 6.54 Å². The summed E-state index contributed by atoms with van der Waals surface area (Å²) in [6, 6.07) is -0.550. The van der Waals surface area contributed by atoms with Gasteiger partial charge in [-0.05, 0) is 44.6 Å². The predicted octanol–water partition coefficient (Wildman–Crippen LogP) is 0.727. The van der Waals surface area contributed by atoms with Crippen LogP contribution in [0.5, 0.6) is 0 Å². The number of nitrogens with two attached hydrogens (primary N) is 2. The minimum Gasteiger partial charge on any atom is -0.369 e. The molecule has 0 bridgehead atoms. The van der Waals surface area contributed by atoms with E-state index in [1.54, 1.807) is 0 Å². The Morgan fingerprint density at radius 1 is 1.23 bits per heavy atom. The highest BCUT2D eigenvalue weighted by Crippen LogP contribution is 2.29. The molecule has 1 fully saturated rings. The highest BCUT2D eigenvalue weighted by molar-refractivity contribution is 5.93. The maximum absolute atomic E-state index is 12.5. The first-order valence-corrected chi connectivity index (χ1v) is 8.17. The van der Waals surface area contributed by atoms with Crippen molar-refractivity contribution >= 4 is 17.6 Å². The van der Waals surface area contributed by atoms with Gasteiger partial charge in [-0.2, -0.15) is 0 Å². The Morgan fingerprint density at radius 2 is 1.86 bits per heavy atom. The summed E-state index contributed by atoms with van der Waals surface area (Å²) in [7, 11) is 0. The smallest absolute Gasteiger partial charge is 0.223 e. The molecule has 0 aliphatic heterocycles. The molecule has 5 N–H and O–H groups in total. The first kappa shape index (κ1) is 18.6. The molecule has 0 spiro atoms. The number of carbonyl (C=O) groups is 3. The van der Waals surface area contributed by atoms with Crippen LogP contribution in [0.2, 0.25) is 0 Å². The highest BCUT2D eigenvalue weighted by atomic mass is 16.2. The molecule has 0 radical (unpaired) electrons. The second-order valence-corrected chi connectivity index (χ2v) is 6.67. The molecule has 0 unspecified atom stereocenters. The van der Waals surface area contributed by atoms with Crippen LogP contribution in [0.1, 0.15) is 52.4 Å². The Labute approximate surface area is 132 Å². The molecule has 2 amide bonds. The SMILES string of the molecule is CC(C)C[C@H](CC(=O)[C@H](CCCN)NC(=O)C1CC1)C(N)=O. The lowest BCUT2D eigenvalue weighted by atomic mass is 9.89. The molecule has 1 aliphatic rings. The van der Waals surface area contributed by atoms with Gasteiger partial charge in [0.2, 0.25) is 11.8 Å². The summed E-state index contributed by atoms with van der Waals surface area (Å²) in [5, 5.41) is 2.81. The lowest BCUT2D eigenvalue weighted by Gasteiger charge is -2.21. The Kier molecular flexibility index (Phi) is 7.51. The molecule has 1 saturated carbocycles. The molecule has 126 valence electrons. The number of ketones is 1. The van der Waals surface area contributed by atoms with E-state index >= 15 is 0 Å². The fourth-order valence-electron chi connectivity index (χ4n) is 2.52. The van der Waals surface area contributed by atoms with E-state index in [0.29, 0.717) is 25.8 Å². The molecule has 0 heterocycles. The zero-order chi connectivity index (χ0) is 16.7. The summed E-state index contributed by atoms with van der Waals surface area (Å²) >= 11 is 0. The summed E-state index contributed by atoms with van der Waals surface area (Å²) in [5.41, 5.74) is 10.9. The van der Waals surface area contributed by atoms with E-state index in [9.17, 15) is 14.4 Å². The molecule has 1 rings (SSSR count). The maximum Gasteiger partial charge on any atom is 0.223 e. The van der Waals surface area contributed by atoms with Crippen molar-refractivity contribution in [2.45, 2.75) is 58.4 Å². The molecule has 0 aromatic rings. The van der Waals surface area contributed by atoms with Gasteiger partial charge in [-0.3, -0.25) is 14.4 Å². The summed E-state index contributed by atoms with van der Waals surface area (Å²) in [4.78, 5) is 35.9. The summed E-state index contributed by atoms with van der Waals surface area (Å²) in [6.07, 6.45) is 3.63. The number of rotatable bonds is 11. The van der Waals surface area contributed by atoms with Gasteiger partial charge in [-0.15, -0.1) is 0 Å². The molecule has 22 heavy (non-hydrogen) atoms. The lowest BCUT2D eigenvalue weighted by molar-refractivity contribution is -0.131. The molecule has 1 aliphatic carbocycles. The van der Waals surface area contributed by atoms with E-state index in [0.717, 1.165) is 12.8 Å². The van der Waals surface area contributed by atoms with Crippen LogP contribution in [0.15, 0.2) is 0 Å². The molecule has 6 nitrogen and oxygen atoms in total. The van der Waals surface area contributed by atoms with Crippen LogP contribution in [0.25, 0.3) is 0 Å². The van der Waals surface area contributed by atoms with Gasteiger partial charge >= 0.3 is 0 Å². The first-order chi connectivity index (χ1) is 10.3. The van der Waals surface area contributed by atoms with Crippen LogP contribution < -0.4 is 16.8 Å². The Bertz CT molecular complexity index is 405. The van der Waals surface area contributed by atoms with E-state index in [-0.39, 0.29) is 29.9 Å². The zero-order valence-corrected chi connectivity index (χ0v) is 13.6. The van der Waals surface area contributed by atoms with Crippen molar-refractivity contribution in [2.24, 2.45) is 29.2 Å². The van der Waals surface area contributed by atoms with Crippen LogP contribution in [0.3, 0.4) is 0 Å². The largest absolute Gasteiger partial charge is 0.369 e. The summed E-state index contributed by atoms with van der Waals surface area (Å²) < 4.78 is 0. The highest BCUT2D eigenvalue weighted by Gasteiger charge is 2.33. The van der Waals surface area contributed by atoms with Crippen LogP contribution in [0, 0.1) is 17.8 Å². The summed E-state index contributed by atoms with van der Waals surface area (Å²) in [6.45, 7) is 4.44. The van der Waals surface area contributed by atoms with Gasteiger partial charge in [0.1, 0.15) is 0 Å². The molecule has 6 heteroatoms. The van der Waals surface area contributed by atoms with Crippen LogP contribution in [-0.2, 0) is 14.4 Å². The third kappa shape index (κ3) is 6.56. The average Bonchev–Trinajstić information content (AvgIpc) is 3.26. The molecular weight excluding hydrogens is 282 g/mol. The first-order valence-electron chi connectivity index (χ1n) is 8.17. The standard InChI is InChI=1S/C16H29N3O3/c1-10(2)8-12(15(18)21)9-14(20)13(4-3-7-17)19-16(22)11-5-6-11/h10-13H,3-9,17H2,1-2H3,(H2,18,21)(H,19,22)/t12-,13+/m1/s1. The molecule has 0 aromatic carbocycles. The van der Waals surface area contributed by atoms with E-state index < -0.39 is 17.9 Å². The van der Waals surface area contributed by atoms with Gasteiger partial charge in [0.05, 0.1) is 6.04 Å². The zero-order valence-electron chi connectivity index (χ0n) is 13.6. The third-order valence-electron chi connectivity index (χ3n) is 3.96. The average molecular weight is 311 g/mol. The fourth-order valence-corrected chi connectivity index (χ4v) is 2.52. The fraction of sp³-hybridized carbons (Fsp3) is 0.812. The maximum atomic E-state index is 12.5. The normalized spacial score (nSPS) is 17.1. The number of Topliss-reactive ketones (excluding diaryl/α,β-unsaturated/α-hetero) is 1. The summed E-state index contributed by atoms with van der Waals surface area (Å²) in [5.74, 6) is -0.759. The number of hydrogen-bond donors (Lipinski definition) is 3. The van der Waals surface area contributed by atoms with Gasteiger partial charge in [0, 0.05) is 18.3 Å². The predicted molar refractivity (Wildman–Crippen MR) is 84.7 cm³/mol. The molecule has 0 aromatic heterocycles. The quantitative estimate of drug-likeness (QED) is 0.521. The number of nitrogens with one attached hydrogen (secondary N) is 1. The van der Waals surface area contributed by atoms with Crippen LogP contribution >= 0.6 is 0 Å². The van der Waals surface area contributed by atoms with Crippen LogP contribution in [0.4, 0.5) is 0 Å². The van der Waals surface area contributed by atoms with Gasteiger partial charge in [-0.25, -0.2) is 0 Å². The van der Waals surface area contributed by atoms with E-state index in [2.05, 4.69) is 5.32 Å². The molecular formula is C16H29N3O3. The minimum absolute atomic E-state index is 0.0516. The van der Waals surface area contributed by atoms with Gasteiger partial charge in [0.15, 0.2) is 5.78 Å². The number of amides is 2. The number of hydrogen-bond acceptors (Lipinski definition) is 4. The van der Waals surface area contributed by atoms with E-state index in [1.165, 1.54) is 0 Å². The topological polar surface area (TPSA) is 115 Å². The second kappa shape index (κ2) is 8.88. The Hall–Kier alpha value is -1.43. The van der Waals surface area contributed by atoms with Gasteiger partial charge in [-0.1, -0.05) is 13.8 Å². The van der Waals surface area contributed by atoms with Crippen molar-refractivity contribution in [3.05, 3.63) is 0 Å². The molecule has 0 saturated heterocycles. The van der Waals surface area contributed by atoms with Crippen molar-refractivity contribution in [3.63, 3.8) is 0 Å². The Balaban J connectivity index is 2.63. The van der Waals surface area contributed by atoms with Gasteiger partial charge in [0.25, 0.3) is 0 Å². The molecule has 2 atom stereocenters. The number of primary amides is 1. The second-order valence-electron chi connectivity index (χ2n) is 6.67. The third-order valence-corrected chi connectivity index (χ3v) is 3.96. The van der Waals surface area contributed by atoms with Crippen molar-refractivity contribution in [1.29, 1.82) is 0 Å². The van der Waals surface area contributed by atoms with E-state index in [1.807, 2.05) is 13.8 Å². The van der Waals surface area contributed by atoms with Crippen molar-refractivity contribution < 1.29 is 14.4 Å². The van der Waals surface area contributed by atoms with E-state index in [4.69, 9.17) is 11.5 Å². The van der Waals surface area contributed by atoms with Crippen molar-refractivity contribution in [1.82, 2.24) is 5.32 Å². The number of carbonyl (C=O) groups excluding carboxylic acids is 3. The Morgan fingerprint density at radius 3 is 2.32 bits per heavy atom. The monoisotopic (exact) mass is 311 g/mol.